The van der Waals surface area contributed by atoms with Crippen LogP contribution < -0.4 is 5.32 Å². The summed E-state index contributed by atoms with van der Waals surface area (Å²) >= 11 is 6.04. The third-order valence-electron chi connectivity index (χ3n) is 2.54. The average molecular weight is 226 g/mol. The Bertz CT molecular complexity index is 307. The van der Waals surface area contributed by atoms with E-state index >= 15 is 0 Å². The normalized spacial score (nSPS) is 10.7. The summed E-state index contributed by atoms with van der Waals surface area (Å²) in [5, 5.41) is 4.26. The quantitative estimate of drug-likeness (QED) is 0.728. The summed E-state index contributed by atoms with van der Waals surface area (Å²) < 4.78 is 0. The maximum atomic E-state index is 6.04. The standard InChI is InChI=1S/C13H20ClN/c1-10(2)6-5-9-15-13-8-4-7-12(14)11(13)3/h4,7-8,10,15H,5-6,9H2,1-3H3. The molecule has 0 heterocycles. The Morgan fingerprint density at radius 3 is 2.73 bits per heavy atom. The summed E-state index contributed by atoms with van der Waals surface area (Å²) in [5.74, 6) is 0.784. The molecule has 1 N–H and O–H groups in total. The summed E-state index contributed by atoms with van der Waals surface area (Å²) in [5.41, 5.74) is 2.30. The Morgan fingerprint density at radius 1 is 1.33 bits per heavy atom. The number of benzene rings is 1. The second-order valence-electron chi connectivity index (χ2n) is 4.38. The van der Waals surface area contributed by atoms with E-state index in [9.17, 15) is 0 Å². The molecule has 1 rings (SSSR count). The van der Waals surface area contributed by atoms with E-state index in [1.807, 2.05) is 19.1 Å². The summed E-state index contributed by atoms with van der Waals surface area (Å²) in [7, 11) is 0. The van der Waals surface area contributed by atoms with Gasteiger partial charge in [-0.3, -0.25) is 0 Å². The van der Waals surface area contributed by atoms with Crippen LogP contribution in [0.5, 0.6) is 0 Å². The Labute approximate surface area is 97.8 Å². The van der Waals surface area contributed by atoms with E-state index in [1.165, 1.54) is 12.8 Å². The van der Waals surface area contributed by atoms with Crippen LogP contribution in [-0.2, 0) is 0 Å². The molecule has 0 bridgehead atoms. The van der Waals surface area contributed by atoms with Crippen LogP contribution >= 0.6 is 11.6 Å². The number of hydrogen-bond acceptors (Lipinski definition) is 1. The molecule has 0 aliphatic rings. The average Bonchev–Trinajstić information content (AvgIpc) is 2.18. The highest BCUT2D eigenvalue weighted by Crippen LogP contribution is 2.22. The van der Waals surface area contributed by atoms with E-state index in [4.69, 9.17) is 11.6 Å². The summed E-state index contributed by atoms with van der Waals surface area (Å²) in [6, 6.07) is 5.99. The minimum absolute atomic E-state index is 0.784. The lowest BCUT2D eigenvalue weighted by Crippen LogP contribution is -2.04. The smallest absolute Gasteiger partial charge is 0.0455 e. The van der Waals surface area contributed by atoms with E-state index in [0.717, 1.165) is 28.7 Å². The van der Waals surface area contributed by atoms with Crippen molar-refractivity contribution in [2.75, 3.05) is 11.9 Å². The maximum absolute atomic E-state index is 6.04. The molecule has 1 aromatic carbocycles. The molecule has 1 nitrogen and oxygen atoms in total. The van der Waals surface area contributed by atoms with Gasteiger partial charge in [0.2, 0.25) is 0 Å². The first-order valence-corrected chi connectivity index (χ1v) is 5.98. The van der Waals surface area contributed by atoms with Crippen LogP contribution in [0.25, 0.3) is 0 Å². The molecule has 0 spiro atoms. The lowest BCUT2D eigenvalue weighted by Gasteiger charge is -2.11. The van der Waals surface area contributed by atoms with E-state index in [-0.39, 0.29) is 0 Å². The minimum atomic E-state index is 0.784. The molecule has 0 saturated carbocycles. The van der Waals surface area contributed by atoms with Crippen LogP contribution in [0.2, 0.25) is 5.02 Å². The molecule has 0 radical (unpaired) electrons. The van der Waals surface area contributed by atoms with E-state index in [2.05, 4.69) is 25.2 Å². The topological polar surface area (TPSA) is 12.0 Å². The van der Waals surface area contributed by atoms with Crippen molar-refractivity contribution in [2.24, 2.45) is 5.92 Å². The molecule has 0 saturated heterocycles. The van der Waals surface area contributed by atoms with Gasteiger partial charge in [0.05, 0.1) is 0 Å². The van der Waals surface area contributed by atoms with Gasteiger partial charge in [-0.2, -0.15) is 0 Å². The Kier molecular flexibility index (Phi) is 4.97. The fourth-order valence-electron chi connectivity index (χ4n) is 1.53. The summed E-state index contributed by atoms with van der Waals surface area (Å²) in [4.78, 5) is 0. The lowest BCUT2D eigenvalue weighted by molar-refractivity contribution is 0.567. The molecule has 0 unspecified atom stereocenters. The van der Waals surface area contributed by atoms with Crippen molar-refractivity contribution in [3.63, 3.8) is 0 Å². The van der Waals surface area contributed by atoms with Gasteiger partial charge in [-0.1, -0.05) is 31.5 Å². The Balaban J connectivity index is 2.41. The molecule has 15 heavy (non-hydrogen) atoms. The predicted octanol–water partition coefficient (Wildman–Crippen LogP) is 4.50. The first-order valence-electron chi connectivity index (χ1n) is 5.60. The molecule has 0 amide bonds. The molecule has 84 valence electrons. The zero-order chi connectivity index (χ0) is 11.3. The van der Waals surface area contributed by atoms with Crippen molar-refractivity contribution in [1.82, 2.24) is 0 Å². The van der Waals surface area contributed by atoms with Crippen LogP contribution in [-0.4, -0.2) is 6.54 Å². The van der Waals surface area contributed by atoms with Crippen molar-refractivity contribution in [1.29, 1.82) is 0 Å². The second-order valence-corrected chi connectivity index (χ2v) is 4.78. The summed E-state index contributed by atoms with van der Waals surface area (Å²) in [6.45, 7) is 7.59. The first kappa shape index (κ1) is 12.4. The fraction of sp³-hybridized carbons (Fsp3) is 0.538. The van der Waals surface area contributed by atoms with Gasteiger partial charge in [0.1, 0.15) is 0 Å². The predicted molar refractivity (Wildman–Crippen MR) is 68.8 cm³/mol. The van der Waals surface area contributed by atoms with E-state index in [1.54, 1.807) is 0 Å². The maximum Gasteiger partial charge on any atom is 0.0455 e. The molecular formula is C13H20ClN. The SMILES string of the molecule is Cc1c(Cl)cccc1NCCCC(C)C. The van der Waals surface area contributed by atoms with Crippen LogP contribution in [0.4, 0.5) is 5.69 Å². The van der Waals surface area contributed by atoms with Crippen LogP contribution in [0.15, 0.2) is 18.2 Å². The molecule has 0 atom stereocenters. The molecule has 0 fully saturated rings. The first-order chi connectivity index (χ1) is 7.11. The number of hydrogen-bond donors (Lipinski definition) is 1. The van der Waals surface area contributed by atoms with Crippen molar-refractivity contribution >= 4 is 17.3 Å². The lowest BCUT2D eigenvalue weighted by atomic mass is 10.1. The third kappa shape index (κ3) is 4.13. The van der Waals surface area contributed by atoms with Gasteiger partial charge in [-0.25, -0.2) is 0 Å². The van der Waals surface area contributed by atoms with Crippen molar-refractivity contribution in [3.8, 4) is 0 Å². The van der Waals surface area contributed by atoms with Crippen LogP contribution in [0.1, 0.15) is 32.3 Å². The molecule has 1 aromatic rings. The zero-order valence-corrected chi connectivity index (χ0v) is 10.6. The van der Waals surface area contributed by atoms with Gasteiger partial charge in [-0.05, 0) is 43.4 Å². The number of nitrogens with one attached hydrogen (secondary N) is 1. The van der Waals surface area contributed by atoms with Gasteiger partial charge in [0, 0.05) is 17.3 Å². The Morgan fingerprint density at radius 2 is 2.07 bits per heavy atom. The third-order valence-corrected chi connectivity index (χ3v) is 2.95. The fourth-order valence-corrected chi connectivity index (χ4v) is 1.71. The van der Waals surface area contributed by atoms with Crippen molar-refractivity contribution in [3.05, 3.63) is 28.8 Å². The van der Waals surface area contributed by atoms with E-state index in [0.29, 0.717) is 0 Å². The van der Waals surface area contributed by atoms with Crippen molar-refractivity contribution < 1.29 is 0 Å². The highest BCUT2D eigenvalue weighted by atomic mass is 35.5. The molecule has 0 aromatic heterocycles. The van der Waals surface area contributed by atoms with Gasteiger partial charge < -0.3 is 5.32 Å². The van der Waals surface area contributed by atoms with E-state index < -0.39 is 0 Å². The number of halogens is 1. The minimum Gasteiger partial charge on any atom is -0.385 e. The number of anilines is 1. The largest absolute Gasteiger partial charge is 0.385 e. The van der Waals surface area contributed by atoms with Crippen molar-refractivity contribution in [2.45, 2.75) is 33.6 Å². The zero-order valence-electron chi connectivity index (χ0n) is 9.81. The van der Waals surface area contributed by atoms with Crippen LogP contribution in [0.3, 0.4) is 0 Å². The highest BCUT2D eigenvalue weighted by molar-refractivity contribution is 6.31. The summed E-state index contributed by atoms with van der Waals surface area (Å²) in [6.07, 6.45) is 2.48. The number of rotatable bonds is 5. The monoisotopic (exact) mass is 225 g/mol. The van der Waals surface area contributed by atoms with Crippen LogP contribution in [0, 0.1) is 12.8 Å². The molecule has 0 aliphatic heterocycles. The molecular weight excluding hydrogens is 206 g/mol. The molecule has 2 heteroatoms. The van der Waals surface area contributed by atoms with Gasteiger partial charge >= 0.3 is 0 Å². The second kappa shape index (κ2) is 6.02. The van der Waals surface area contributed by atoms with Gasteiger partial charge in [0.25, 0.3) is 0 Å². The molecule has 0 aliphatic carbocycles. The van der Waals surface area contributed by atoms with Gasteiger partial charge in [0.15, 0.2) is 0 Å². The Hall–Kier alpha value is -0.690. The van der Waals surface area contributed by atoms with Gasteiger partial charge in [-0.15, -0.1) is 0 Å². The highest BCUT2D eigenvalue weighted by Gasteiger charge is 2.00.